The predicted octanol–water partition coefficient (Wildman–Crippen LogP) is 3.28. The molecule has 1 fully saturated rings. The summed E-state index contributed by atoms with van der Waals surface area (Å²) in [6.45, 7) is 3.21. The predicted molar refractivity (Wildman–Crippen MR) is 112 cm³/mol. The molecule has 2 aliphatic rings. The third-order valence-electron chi connectivity index (χ3n) is 5.76. The van der Waals surface area contributed by atoms with Gasteiger partial charge in [0.2, 0.25) is 10.0 Å². The Hall–Kier alpha value is -2.78. The van der Waals surface area contributed by atoms with E-state index in [4.69, 9.17) is 0 Å². The maximum absolute atomic E-state index is 13.1. The Labute approximate surface area is 175 Å². The van der Waals surface area contributed by atoms with Gasteiger partial charge in [0, 0.05) is 42.5 Å². The number of aryl methyl sites for hydroxylation is 2. The fourth-order valence-electron chi connectivity index (χ4n) is 4.17. The number of fused-ring (bicyclic) bond motifs is 1. The summed E-state index contributed by atoms with van der Waals surface area (Å²) in [7, 11) is -3.51. The summed E-state index contributed by atoms with van der Waals surface area (Å²) in [6.07, 6.45) is 3.17. The highest BCUT2D eigenvalue weighted by molar-refractivity contribution is 7.89. The molecule has 1 amide bonds. The molecule has 0 atom stereocenters. The second kappa shape index (κ2) is 7.81. The zero-order valence-electron chi connectivity index (χ0n) is 16.7. The molecule has 2 aromatic carbocycles. The number of nitro benzene ring substituents is 1. The van der Waals surface area contributed by atoms with E-state index in [-0.39, 0.29) is 16.5 Å². The third kappa shape index (κ3) is 3.59. The van der Waals surface area contributed by atoms with E-state index in [1.807, 2.05) is 0 Å². The van der Waals surface area contributed by atoms with E-state index < -0.39 is 14.9 Å². The van der Waals surface area contributed by atoms with Crippen LogP contribution in [0.15, 0.2) is 41.3 Å². The molecular weight excluding hydrogens is 406 g/mol. The van der Waals surface area contributed by atoms with Crippen molar-refractivity contribution < 1.29 is 18.1 Å². The van der Waals surface area contributed by atoms with E-state index in [1.54, 1.807) is 30.0 Å². The van der Waals surface area contributed by atoms with Crippen molar-refractivity contribution in [1.29, 1.82) is 0 Å². The molecule has 0 aromatic heterocycles. The summed E-state index contributed by atoms with van der Waals surface area (Å²) in [5.41, 5.74) is 2.30. The van der Waals surface area contributed by atoms with Crippen molar-refractivity contribution in [3.8, 4) is 0 Å². The van der Waals surface area contributed by atoms with Gasteiger partial charge in [0.05, 0.1) is 9.82 Å². The smallest absolute Gasteiger partial charge is 0.272 e. The van der Waals surface area contributed by atoms with Gasteiger partial charge < -0.3 is 4.90 Å². The van der Waals surface area contributed by atoms with E-state index in [2.05, 4.69) is 0 Å². The number of nitrogens with zero attached hydrogens (tertiary/aromatic N) is 3. The van der Waals surface area contributed by atoms with Crippen LogP contribution < -0.4 is 4.90 Å². The van der Waals surface area contributed by atoms with Crippen molar-refractivity contribution >= 4 is 27.3 Å². The minimum Gasteiger partial charge on any atom is -0.308 e. The number of carbonyl (C=O) groups is 1. The molecule has 2 aromatic rings. The van der Waals surface area contributed by atoms with Crippen LogP contribution in [0.1, 0.15) is 40.7 Å². The lowest BCUT2D eigenvalue weighted by Crippen LogP contribution is -2.36. The van der Waals surface area contributed by atoms with Crippen molar-refractivity contribution in [2.45, 2.75) is 37.5 Å². The van der Waals surface area contributed by atoms with Gasteiger partial charge in [0.25, 0.3) is 11.6 Å². The lowest BCUT2D eigenvalue weighted by Gasteiger charge is -2.30. The first-order valence-corrected chi connectivity index (χ1v) is 11.4. The number of rotatable bonds is 4. The monoisotopic (exact) mass is 429 g/mol. The number of sulfonamides is 1. The van der Waals surface area contributed by atoms with Gasteiger partial charge in [-0.25, -0.2) is 8.42 Å². The highest BCUT2D eigenvalue weighted by atomic mass is 32.2. The van der Waals surface area contributed by atoms with E-state index >= 15 is 0 Å². The van der Waals surface area contributed by atoms with Crippen LogP contribution in [0.2, 0.25) is 0 Å². The van der Waals surface area contributed by atoms with Crippen LogP contribution in [0, 0.1) is 17.0 Å². The summed E-state index contributed by atoms with van der Waals surface area (Å²) in [4.78, 5) is 25.6. The second-order valence-corrected chi connectivity index (χ2v) is 9.66. The highest BCUT2D eigenvalue weighted by Crippen LogP contribution is 2.32. The van der Waals surface area contributed by atoms with Crippen LogP contribution in [0.25, 0.3) is 0 Å². The Morgan fingerprint density at radius 2 is 1.77 bits per heavy atom. The fraction of sp³-hybridized carbons (Fsp3) is 0.381. The Morgan fingerprint density at radius 1 is 1.03 bits per heavy atom. The number of anilines is 1. The van der Waals surface area contributed by atoms with Gasteiger partial charge in [-0.15, -0.1) is 0 Å². The van der Waals surface area contributed by atoms with Crippen molar-refractivity contribution in [2.75, 3.05) is 24.5 Å². The zero-order chi connectivity index (χ0) is 21.5. The minimum absolute atomic E-state index is 0.0256. The molecule has 2 aliphatic heterocycles. The zero-order valence-corrected chi connectivity index (χ0v) is 17.5. The number of carbonyl (C=O) groups excluding carboxylic acids is 1. The van der Waals surface area contributed by atoms with Gasteiger partial charge in [-0.3, -0.25) is 14.9 Å². The van der Waals surface area contributed by atoms with Crippen LogP contribution >= 0.6 is 0 Å². The normalized spacial score (nSPS) is 17.0. The van der Waals surface area contributed by atoms with Crippen molar-refractivity contribution in [3.63, 3.8) is 0 Å². The van der Waals surface area contributed by atoms with E-state index in [0.29, 0.717) is 42.9 Å². The molecule has 9 heteroatoms. The summed E-state index contributed by atoms with van der Waals surface area (Å²) in [5, 5.41) is 11.0. The second-order valence-electron chi connectivity index (χ2n) is 7.72. The van der Waals surface area contributed by atoms with E-state index in [1.165, 1.54) is 22.5 Å². The quantitative estimate of drug-likeness (QED) is 0.548. The lowest BCUT2D eigenvalue weighted by atomic mass is 10.00. The van der Waals surface area contributed by atoms with Gasteiger partial charge in [-0.05, 0) is 68.5 Å². The maximum atomic E-state index is 13.1. The SMILES string of the molecule is Cc1cc(C(=O)N2CCCc3cc(S(=O)(=O)N4CCCC4)ccc32)ccc1[N+](=O)[O-]. The van der Waals surface area contributed by atoms with Crippen molar-refractivity contribution in [1.82, 2.24) is 4.31 Å². The van der Waals surface area contributed by atoms with E-state index in [9.17, 15) is 23.3 Å². The lowest BCUT2D eigenvalue weighted by molar-refractivity contribution is -0.385. The summed E-state index contributed by atoms with van der Waals surface area (Å²) in [5.74, 6) is -0.246. The van der Waals surface area contributed by atoms with Gasteiger partial charge in [-0.2, -0.15) is 4.31 Å². The average molecular weight is 429 g/mol. The highest BCUT2D eigenvalue weighted by Gasteiger charge is 2.30. The van der Waals surface area contributed by atoms with Gasteiger partial charge in [0.1, 0.15) is 0 Å². The van der Waals surface area contributed by atoms with Gasteiger partial charge in [-0.1, -0.05) is 0 Å². The summed E-state index contributed by atoms with van der Waals surface area (Å²) in [6, 6.07) is 9.30. The molecule has 0 N–H and O–H groups in total. The molecule has 0 aliphatic carbocycles. The first-order valence-electron chi connectivity index (χ1n) is 9.99. The van der Waals surface area contributed by atoms with Gasteiger partial charge in [0.15, 0.2) is 0 Å². The molecule has 0 unspecified atom stereocenters. The topological polar surface area (TPSA) is 101 Å². The fourth-order valence-corrected chi connectivity index (χ4v) is 5.74. The first kappa shape index (κ1) is 20.5. The molecule has 0 saturated carbocycles. The van der Waals surface area contributed by atoms with Crippen LogP contribution in [-0.4, -0.2) is 43.2 Å². The molecule has 0 bridgehead atoms. The molecule has 30 heavy (non-hydrogen) atoms. The molecule has 1 saturated heterocycles. The Morgan fingerprint density at radius 3 is 2.43 bits per heavy atom. The minimum atomic E-state index is -3.51. The number of benzene rings is 2. The first-order chi connectivity index (χ1) is 14.3. The third-order valence-corrected chi connectivity index (χ3v) is 7.65. The number of hydrogen-bond acceptors (Lipinski definition) is 5. The number of nitro groups is 1. The van der Waals surface area contributed by atoms with Crippen LogP contribution in [0.3, 0.4) is 0 Å². The molecule has 158 valence electrons. The number of amides is 1. The molecular formula is C21H23N3O5S. The number of hydrogen-bond donors (Lipinski definition) is 0. The maximum Gasteiger partial charge on any atom is 0.272 e. The molecule has 4 rings (SSSR count). The van der Waals surface area contributed by atoms with E-state index in [0.717, 1.165) is 24.8 Å². The molecule has 2 heterocycles. The summed E-state index contributed by atoms with van der Waals surface area (Å²) >= 11 is 0. The van der Waals surface area contributed by atoms with Gasteiger partial charge >= 0.3 is 0 Å². The standard InChI is InChI=1S/C21H23N3O5S/c1-15-13-17(6-8-19(15)24(26)27)21(25)23-12-4-5-16-14-18(7-9-20(16)23)30(28,29)22-10-2-3-11-22/h6-9,13-14H,2-5,10-12H2,1H3. The molecule has 8 nitrogen and oxygen atoms in total. The Kier molecular flexibility index (Phi) is 5.33. The Bertz CT molecular complexity index is 1120. The largest absolute Gasteiger partial charge is 0.308 e. The molecule has 0 spiro atoms. The Balaban J connectivity index is 1.65. The van der Waals surface area contributed by atoms with Crippen LogP contribution in [0.5, 0.6) is 0 Å². The van der Waals surface area contributed by atoms with Crippen LogP contribution in [0.4, 0.5) is 11.4 Å². The van der Waals surface area contributed by atoms with Crippen LogP contribution in [-0.2, 0) is 16.4 Å². The van der Waals surface area contributed by atoms with Crippen molar-refractivity contribution in [2.24, 2.45) is 0 Å². The molecule has 0 radical (unpaired) electrons. The van der Waals surface area contributed by atoms with Crippen molar-refractivity contribution in [3.05, 3.63) is 63.2 Å². The average Bonchev–Trinajstić information content (AvgIpc) is 3.28. The summed E-state index contributed by atoms with van der Waals surface area (Å²) < 4.78 is 27.3.